The number of ether oxygens (including phenoxy) is 2. The number of hydrogen-bond donors (Lipinski definition) is 1. The average molecular weight is 409 g/mol. The molecule has 1 fully saturated rings. The van der Waals surface area contributed by atoms with Gasteiger partial charge in [0.15, 0.2) is 0 Å². The number of nitrogens with zero attached hydrogens (tertiary/aromatic N) is 1. The zero-order chi connectivity index (χ0) is 19.1. The molecule has 0 saturated carbocycles. The lowest BCUT2D eigenvalue weighted by atomic mass is 10.0. The second-order valence-corrected chi connectivity index (χ2v) is 6.49. The fourth-order valence-electron chi connectivity index (χ4n) is 3.24. The van der Waals surface area contributed by atoms with Gasteiger partial charge in [0.05, 0.1) is 19.8 Å². The molecule has 28 heavy (non-hydrogen) atoms. The van der Waals surface area contributed by atoms with Crippen molar-refractivity contribution in [3.05, 3.63) is 59.9 Å². The molecule has 152 valence electrons. The maximum Gasteiger partial charge on any atom is 0.223 e. The number of carbonyl (C=O) groups excluding carboxylic acids is 1. The van der Waals surface area contributed by atoms with E-state index in [1.165, 1.54) is 12.1 Å². The van der Waals surface area contributed by atoms with Crippen molar-refractivity contribution in [1.29, 1.82) is 0 Å². The Hall–Kier alpha value is -2.31. The maximum absolute atomic E-state index is 13.6. The van der Waals surface area contributed by atoms with Gasteiger partial charge in [-0.3, -0.25) is 4.79 Å². The van der Waals surface area contributed by atoms with Gasteiger partial charge in [0, 0.05) is 26.1 Å². The van der Waals surface area contributed by atoms with E-state index in [1.807, 2.05) is 35.2 Å². The summed E-state index contributed by atoms with van der Waals surface area (Å²) >= 11 is 0. The van der Waals surface area contributed by atoms with E-state index in [4.69, 9.17) is 9.47 Å². The van der Waals surface area contributed by atoms with E-state index in [0.717, 1.165) is 23.6 Å². The third kappa shape index (κ3) is 5.84. The molecule has 1 aliphatic heterocycles. The van der Waals surface area contributed by atoms with Crippen molar-refractivity contribution < 1.29 is 18.7 Å². The minimum atomic E-state index is -0.279. The summed E-state index contributed by atoms with van der Waals surface area (Å²) < 4.78 is 24.4. The van der Waals surface area contributed by atoms with Crippen molar-refractivity contribution in [3.63, 3.8) is 0 Å². The lowest BCUT2D eigenvalue weighted by molar-refractivity contribution is -0.134. The summed E-state index contributed by atoms with van der Waals surface area (Å²) in [5.74, 6) is 1.32. The van der Waals surface area contributed by atoms with Gasteiger partial charge in [-0.15, -0.1) is 12.4 Å². The topological polar surface area (TPSA) is 50.8 Å². The Labute approximate surface area is 171 Å². The highest BCUT2D eigenvalue weighted by molar-refractivity contribution is 5.85. The summed E-state index contributed by atoms with van der Waals surface area (Å²) in [6, 6.07) is 13.7. The largest absolute Gasteiger partial charge is 0.497 e. The minimum Gasteiger partial charge on any atom is -0.497 e. The molecule has 1 heterocycles. The van der Waals surface area contributed by atoms with Crippen LogP contribution >= 0.6 is 12.4 Å². The van der Waals surface area contributed by atoms with E-state index in [0.29, 0.717) is 32.5 Å². The van der Waals surface area contributed by atoms with Gasteiger partial charge in [-0.1, -0.05) is 12.1 Å². The molecule has 1 unspecified atom stereocenters. The molecule has 7 heteroatoms. The van der Waals surface area contributed by atoms with E-state index in [1.54, 1.807) is 13.2 Å². The molecular formula is C21H26ClFN2O3. The Bertz CT molecular complexity index is 758. The first-order chi connectivity index (χ1) is 13.2. The molecule has 5 nitrogen and oxygen atoms in total. The molecule has 1 atom stereocenters. The van der Waals surface area contributed by atoms with E-state index in [-0.39, 0.29) is 30.2 Å². The van der Waals surface area contributed by atoms with Crippen LogP contribution in [0.5, 0.6) is 11.5 Å². The van der Waals surface area contributed by atoms with Gasteiger partial charge >= 0.3 is 0 Å². The molecule has 3 rings (SSSR count). The fourth-order valence-corrected chi connectivity index (χ4v) is 3.24. The first kappa shape index (κ1) is 22.0. The standard InChI is InChI=1S/C21H25FN2O3.ClH/c1-26-18-7-9-19(10-8-18)27-13-3-6-21(25)24-12-11-23-15-20(24)16-4-2-5-17(22)14-16;/h2,4-5,7-10,14,20,23H,3,6,11-13,15H2,1H3;1H. The van der Waals surface area contributed by atoms with E-state index < -0.39 is 0 Å². The molecule has 1 N–H and O–H groups in total. The summed E-state index contributed by atoms with van der Waals surface area (Å²) in [6.07, 6.45) is 1.03. The number of nitrogens with one attached hydrogen (secondary N) is 1. The van der Waals surface area contributed by atoms with Gasteiger partial charge in [-0.25, -0.2) is 4.39 Å². The van der Waals surface area contributed by atoms with E-state index in [2.05, 4.69) is 5.32 Å². The predicted molar refractivity (Wildman–Crippen MR) is 109 cm³/mol. The first-order valence-electron chi connectivity index (χ1n) is 9.20. The molecular weight excluding hydrogens is 383 g/mol. The summed E-state index contributed by atoms with van der Waals surface area (Å²) in [4.78, 5) is 14.5. The molecule has 1 amide bonds. The molecule has 1 aliphatic rings. The molecule has 0 radical (unpaired) electrons. The van der Waals surface area contributed by atoms with Crippen molar-refractivity contribution in [2.45, 2.75) is 18.9 Å². The maximum atomic E-state index is 13.6. The van der Waals surface area contributed by atoms with Crippen LogP contribution in [0.15, 0.2) is 48.5 Å². The smallest absolute Gasteiger partial charge is 0.223 e. The van der Waals surface area contributed by atoms with E-state index >= 15 is 0 Å². The molecule has 1 saturated heterocycles. The zero-order valence-corrected chi connectivity index (χ0v) is 16.7. The summed E-state index contributed by atoms with van der Waals surface area (Å²) in [5.41, 5.74) is 0.824. The zero-order valence-electron chi connectivity index (χ0n) is 15.9. The average Bonchev–Trinajstić information content (AvgIpc) is 2.71. The normalized spacial score (nSPS) is 16.2. The summed E-state index contributed by atoms with van der Waals surface area (Å²) in [6.45, 7) is 2.48. The van der Waals surface area contributed by atoms with Crippen LogP contribution in [0.3, 0.4) is 0 Å². The highest BCUT2D eigenvalue weighted by Crippen LogP contribution is 2.24. The van der Waals surface area contributed by atoms with Gasteiger partial charge in [-0.05, 0) is 48.4 Å². The Morgan fingerprint density at radius 2 is 1.96 bits per heavy atom. The number of hydrogen-bond acceptors (Lipinski definition) is 4. The van der Waals surface area contributed by atoms with Crippen LogP contribution in [-0.2, 0) is 4.79 Å². The van der Waals surface area contributed by atoms with Crippen LogP contribution in [0, 0.1) is 5.82 Å². The van der Waals surface area contributed by atoms with Crippen LogP contribution < -0.4 is 14.8 Å². The van der Waals surface area contributed by atoms with Gasteiger partial charge in [0.25, 0.3) is 0 Å². The number of piperazine rings is 1. The lowest BCUT2D eigenvalue weighted by Gasteiger charge is -2.36. The number of halogens is 2. The molecule has 2 aromatic rings. The number of carbonyl (C=O) groups is 1. The third-order valence-electron chi connectivity index (χ3n) is 4.66. The quantitative estimate of drug-likeness (QED) is 0.711. The summed E-state index contributed by atoms with van der Waals surface area (Å²) in [7, 11) is 1.62. The van der Waals surface area contributed by atoms with Crippen LogP contribution in [-0.4, -0.2) is 44.2 Å². The van der Waals surface area contributed by atoms with Gasteiger partial charge in [0.1, 0.15) is 17.3 Å². The molecule has 0 aromatic heterocycles. The van der Waals surface area contributed by atoms with Crippen molar-refractivity contribution in [2.24, 2.45) is 0 Å². The van der Waals surface area contributed by atoms with Crippen LogP contribution in [0.4, 0.5) is 4.39 Å². The van der Waals surface area contributed by atoms with Crippen molar-refractivity contribution in [1.82, 2.24) is 10.2 Å². The third-order valence-corrected chi connectivity index (χ3v) is 4.66. The highest BCUT2D eigenvalue weighted by Gasteiger charge is 2.27. The van der Waals surface area contributed by atoms with E-state index in [9.17, 15) is 9.18 Å². The first-order valence-corrected chi connectivity index (χ1v) is 9.20. The molecule has 2 aromatic carbocycles. The van der Waals surface area contributed by atoms with Crippen LogP contribution in [0.1, 0.15) is 24.4 Å². The Balaban J connectivity index is 0.00000280. The SMILES string of the molecule is COc1ccc(OCCCC(=O)N2CCNCC2c2cccc(F)c2)cc1.Cl. The molecule has 0 aliphatic carbocycles. The monoisotopic (exact) mass is 408 g/mol. The van der Waals surface area contributed by atoms with Gasteiger partial charge in [-0.2, -0.15) is 0 Å². The second kappa shape index (κ2) is 10.9. The molecule has 0 bridgehead atoms. The van der Waals surface area contributed by atoms with Gasteiger partial charge < -0.3 is 19.7 Å². The number of rotatable bonds is 7. The van der Waals surface area contributed by atoms with Crippen molar-refractivity contribution in [2.75, 3.05) is 33.4 Å². The van der Waals surface area contributed by atoms with Gasteiger partial charge in [0.2, 0.25) is 5.91 Å². The Morgan fingerprint density at radius 3 is 2.68 bits per heavy atom. The van der Waals surface area contributed by atoms with Crippen LogP contribution in [0.2, 0.25) is 0 Å². The van der Waals surface area contributed by atoms with Crippen molar-refractivity contribution >= 4 is 18.3 Å². The lowest BCUT2D eigenvalue weighted by Crippen LogP contribution is -2.48. The highest BCUT2D eigenvalue weighted by atomic mass is 35.5. The fraction of sp³-hybridized carbons (Fsp3) is 0.381. The number of benzene rings is 2. The van der Waals surface area contributed by atoms with Crippen LogP contribution in [0.25, 0.3) is 0 Å². The van der Waals surface area contributed by atoms with Crippen molar-refractivity contribution in [3.8, 4) is 11.5 Å². The summed E-state index contributed by atoms with van der Waals surface area (Å²) in [5, 5.41) is 3.28. The predicted octanol–water partition coefficient (Wildman–Crippen LogP) is 3.59. The Morgan fingerprint density at radius 1 is 1.21 bits per heavy atom. The number of amides is 1. The second-order valence-electron chi connectivity index (χ2n) is 6.49. The Kier molecular flexibility index (Phi) is 8.54. The molecule has 0 spiro atoms. The number of methoxy groups -OCH3 is 1. The minimum absolute atomic E-state index is 0.